The number of ether oxygens (including phenoxy) is 1. The maximum Gasteiger partial charge on any atom is 0.270 e. The Morgan fingerprint density at radius 3 is 2.56 bits per heavy atom. The molecule has 3 rings (SSSR count). The number of rotatable bonds is 3. The molecule has 2 N–H and O–H groups in total. The average Bonchev–Trinajstić information content (AvgIpc) is 2.63. The lowest BCUT2D eigenvalue weighted by atomic mass is 10.1. The van der Waals surface area contributed by atoms with Gasteiger partial charge in [-0.1, -0.05) is 11.6 Å². The van der Waals surface area contributed by atoms with Crippen molar-refractivity contribution in [3.8, 4) is 11.5 Å². The summed E-state index contributed by atoms with van der Waals surface area (Å²) < 4.78 is 5.52. The summed E-state index contributed by atoms with van der Waals surface area (Å²) in [5, 5.41) is 13.2. The molecule has 1 fully saturated rings. The first-order valence-corrected chi connectivity index (χ1v) is 9.13. The Labute approximate surface area is 173 Å². The van der Waals surface area contributed by atoms with Gasteiger partial charge in [-0.2, -0.15) is 0 Å². The van der Waals surface area contributed by atoms with Crippen LogP contribution in [-0.4, -0.2) is 29.1 Å². The molecular formula is C18H12BrClN2O4S. The van der Waals surface area contributed by atoms with Gasteiger partial charge in [0.2, 0.25) is 0 Å². The fraction of sp³-hybridized carbons (Fsp3) is 0.0556. The lowest BCUT2D eigenvalue weighted by Gasteiger charge is -2.29. The number of benzene rings is 2. The third-order valence-corrected chi connectivity index (χ3v) is 4.93. The van der Waals surface area contributed by atoms with Gasteiger partial charge in [0, 0.05) is 10.6 Å². The minimum atomic E-state index is -0.659. The van der Waals surface area contributed by atoms with Crippen molar-refractivity contribution in [1.29, 1.82) is 0 Å². The number of halogens is 2. The SMILES string of the molecule is COc1cc(Br)c(O)c(/C=C2\C(=O)NC(=S)N(c3ccc(Cl)cc3)C2=O)c1. The van der Waals surface area contributed by atoms with Crippen LogP contribution in [0.1, 0.15) is 5.56 Å². The van der Waals surface area contributed by atoms with E-state index in [1.165, 1.54) is 24.2 Å². The third kappa shape index (κ3) is 3.83. The van der Waals surface area contributed by atoms with Gasteiger partial charge in [-0.3, -0.25) is 19.8 Å². The first-order valence-electron chi connectivity index (χ1n) is 7.55. The number of carbonyl (C=O) groups excluding carboxylic acids is 2. The fourth-order valence-electron chi connectivity index (χ4n) is 2.46. The molecule has 2 aromatic carbocycles. The maximum absolute atomic E-state index is 12.9. The van der Waals surface area contributed by atoms with Crippen LogP contribution in [0.2, 0.25) is 5.02 Å². The third-order valence-electron chi connectivity index (χ3n) is 3.79. The minimum absolute atomic E-state index is 0.0412. The van der Waals surface area contributed by atoms with Crippen molar-refractivity contribution in [2.45, 2.75) is 0 Å². The van der Waals surface area contributed by atoms with E-state index in [-0.39, 0.29) is 22.0 Å². The van der Waals surface area contributed by atoms with E-state index in [1.54, 1.807) is 30.3 Å². The van der Waals surface area contributed by atoms with Gasteiger partial charge in [-0.05, 0) is 70.6 Å². The van der Waals surface area contributed by atoms with Crippen LogP contribution in [0, 0.1) is 0 Å². The van der Waals surface area contributed by atoms with E-state index in [2.05, 4.69) is 21.2 Å². The van der Waals surface area contributed by atoms with Gasteiger partial charge in [0.15, 0.2) is 5.11 Å². The molecule has 2 aromatic rings. The summed E-state index contributed by atoms with van der Waals surface area (Å²) in [6.07, 6.45) is 1.28. The predicted molar refractivity (Wildman–Crippen MR) is 110 cm³/mol. The molecule has 0 aliphatic carbocycles. The number of hydrogen-bond donors (Lipinski definition) is 2. The van der Waals surface area contributed by atoms with Crippen LogP contribution in [0.5, 0.6) is 11.5 Å². The molecule has 0 atom stereocenters. The minimum Gasteiger partial charge on any atom is -0.506 e. The number of methoxy groups -OCH3 is 1. The van der Waals surface area contributed by atoms with Crippen molar-refractivity contribution in [3.63, 3.8) is 0 Å². The molecule has 0 radical (unpaired) electrons. The molecule has 27 heavy (non-hydrogen) atoms. The number of hydrogen-bond acceptors (Lipinski definition) is 5. The quantitative estimate of drug-likeness (QED) is 0.409. The van der Waals surface area contributed by atoms with Crippen molar-refractivity contribution in [1.82, 2.24) is 5.32 Å². The van der Waals surface area contributed by atoms with Crippen LogP contribution in [0.4, 0.5) is 5.69 Å². The zero-order chi connectivity index (χ0) is 19.7. The number of phenols is 1. The van der Waals surface area contributed by atoms with Crippen LogP contribution < -0.4 is 15.0 Å². The van der Waals surface area contributed by atoms with Crippen LogP contribution in [0.15, 0.2) is 46.4 Å². The normalized spacial score (nSPS) is 15.9. The second kappa shape index (κ2) is 7.67. The summed E-state index contributed by atoms with van der Waals surface area (Å²) in [5.74, 6) is -0.965. The molecule has 0 aromatic heterocycles. The number of anilines is 1. The molecule has 0 unspecified atom stereocenters. The molecule has 1 aliphatic rings. The molecular weight excluding hydrogens is 456 g/mol. The Morgan fingerprint density at radius 2 is 1.93 bits per heavy atom. The summed E-state index contributed by atoms with van der Waals surface area (Å²) in [4.78, 5) is 26.5. The Bertz CT molecular complexity index is 992. The second-order valence-electron chi connectivity index (χ2n) is 5.48. The highest BCUT2D eigenvalue weighted by Crippen LogP contribution is 2.34. The number of phenolic OH excluding ortho intramolecular Hbond substituents is 1. The monoisotopic (exact) mass is 466 g/mol. The van der Waals surface area contributed by atoms with Crippen molar-refractivity contribution in [2.24, 2.45) is 0 Å². The number of thiocarbonyl (C=S) groups is 1. The van der Waals surface area contributed by atoms with E-state index in [0.717, 1.165) is 0 Å². The first kappa shape index (κ1) is 19.3. The van der Waals surface area contributed by atoms with E-state index < -0.39 is 11.8 Å². The van der Waals surface area contributed by atoms with Crippen LogP contribution >= 0.6 is 39.7 Å². The molecule has 0 saturated carbocycles. The van der Waals surface area contributed by atoms with Gasteiger partial charge < -0.3 is 9.84 Å². The predicted octanol–water partition coefficient (Wildman–Crippen LogP) is 3.65. The van der Waals surface area contributed by atoms with Gasteiger partial charge in [0.1, 0.15) is 17.1 Å². The van der Waals surface area contributed by atoms with Gasteiger partial charge >= 0.3 is 0 Å². The first-order chi connectivity index (χ1) is 12.8. The number of carbonyl (C=O) groups is 2. The Hall–Kier alpha value is -2.42. The molecule has 0 spiro atoms. The smallest absolute Gasteiger partial charge is 0.270 e. The molecule has 1 saturated heterocycles. The van der Waals surface area contributed by atoms with Gasteiger partial charge in [-0.25, -0.2) is 0 Å². The lowest BCUT2D eigenvalue weighted by Crippen LogP contribution is -2.54. The topological polar surface area (TPSA) is 78.9 Å². The maximum atomic E-state index is 12.9. The lowest BCUT2D eigenvalue weighted by molar-refractivity contribution is -0.122. The van der Waals surface area contributed by atoms with E-state index in [0.29, 0.717) is 20.9 Å². The number of amides is 2. The summed E-state index contributed by atoms with van der Waals surface area (Å²) in [5.41, 5.74) is 0.508. The van der Waals surface area contributed by atoms with Crippen molar-refractivity contribution in [3.05, 3.63) is 57.0 Å². The highest BCUT2D eigenvalue weighted by atomic mass is 79.9. The largest absolute Gasteiger partial charge is 0.506 e. The van der Waals surface area contributed by atoms with Crippen LogP contribution in [0.25, 0.3) is 6.08 Å². The van der Waals surface area contributed by atoms with Crippen LogP contribution in [-0.2, 0) is 9.59 Å². The highest BCUT2D eigenvalue weighted by Gasteiger charge is 2.34. The van der Waals surface area contributed by atoms with Gasteiger partial charge in [0.05, 0.1) is 17.3 Å². The van der Waals surface area contributed by atoms with Crippen molar-refractivity contribution in [2.75, 3.05) is 12.0 Å². The number of nitrogens with zero attached hydrogens (tertiary/aromatic N) is 1. The molecule has 1 heterocycles. The summed E-state index contributed by atoms with van der Waals surface area (Å²) in [6.45, 7) is 0. The molecule has 9 heteroatoms. The number of aromatic hydroxyl groups is 1. The Balaban J connectivity index is 2.07. The average molecular weight is 468 g/mol. The molecule has 1 aliphatic heterocycles. The molecule has 138 valence electrons. The Morgan fingerprint density at radius 1 is 1.26 bits per heavy atom. The summed E-state index contributed by atoms with van der Waals surface area (Å²) >= 11 is 14.2. The van der Waals surface area contributed by atoms with Crippen molar-refractivity contribution < 1.29 is 19.4 Å². The highest BCUT2D eigenvalue weighted by molar-refractivity contribution is 9.10. The number of nitrogens with one attached hydrogen (secondary N) is 1. The van der Waals surface area contributed by atoms with Gasteiger partial charge in [0.25, 0.3) is 11.8 Å². The van der Waals surface area contributed by atoms with Crippen molar-refractivity contribution >= 4 is 68.4 Å². The standard InChI is InChI=1S/C18H12BrClN2O4S/c1-26-12-6-9(15(23)14(19)8-12)7-13-16(24)21-18(27)22(17(13)25)11-4-2-10(20)3-5-11/h2-8,23H,1H3,(H,21,24,27)/b13-7+. The zero-order valence-electron chi connectivity index (χ0n) is 13.8. The second-order valence-corrected chi connectivity index (χ2v) is 7.16. The van der Waals surface area contributed by atoms with Gasteiger partial charge in [-0.15, -0.1) is 0 Å². The zero-order valence-corrected chi connectivity index (χ0v) is 17.0. The fourth-order valence-corrected chi connectivity index (χ4v) is 3.32. The summed E-state index contributed by atoms with van der Waals surface area (Å²) in [7, 11) is 1.47. The molecule has 6 nitrogen and oxygen atoms in total. The summed E-state index contributed by atoms with van der Waals surface area (Å²) in [6, 6.07) is 9.51. The van der Waals surface area contributed by atoms with E-state index >= 15 is 0 Å². The molecule has 0 bridgehead atoms. The van der Waals surface area contributed by atoms with E-state index in [4.69, 9.17) is 28.6 Å². The van der Waals surface area contributed by atoms with Crippen LogP contribution in [0.3, 0.4) is 0 Å². The molecule has 2 amide bonds. The van der Waals surface area contributed by atoms with E-state index in [1.807, 2.05) is 0 Å². The van der Waals surface area contributed by atoms with E-state index in [9.17, 15) is 14.7 Å². The Kier molecular flexibility index (Phi) is 5.50.